The van der Waals surface area contributed by atoms with Crippen molar-refractivity contribution in [3.63, 3.8) is 0 Å². The molecule has 0 aromatic carbocycles. The third-order valence-electron chi connectivity index (χ3n) is 2.71. The molecule has 1 unspecified atom stereocenters. The van der Waals surface area contributed by atoms with E-state index < -0.39 is 0 Å². The molecule has 0 aliphatic carbocycles. The van der Waals surface area contributed by atoms with Gasteiger partial charge >= 0.3 is 0 Å². The molecule has 0 bridgehead atoms. The first-order valence-corrected chi connectivity index (χ1v) is 5.14. The SMILES string of the molecule is Cc1cc(C(NN)c2ccnn2C)c(C)o1. The molecule has 0 saturated heterocycles. The Labute approximate surface area is 94.2 Å². The van der Waals surface area contributed by atoms with Crippen molar-refractivity contribution in [1.82, 2.24) is 15.2 Å². The quantitative estimate of drug-likeness (QED) is 0.602. The number of nitrogens with zero attached hydrogens (tertiary/aromatic N) is 2. The third-order valence-corrected chi connectivity index (χ3v) is 2.71. The van der Waals surface area contributed by atoms with Gasteiger partial charge in [0.15, 0.2) is 0 Å². The van der Waals surface area contributed by atoms with Crippen molar-refractivity contribution >= 4 is 0 Å². The second-order valence-electron chi connectivity index (χ2n) is 3.85. The number of aromatic nitrogens is 2. The average Bonchev–Trinajstić information content (AvgIpc) is 2.77. The number of hydrogen-bond donors (Lipinski definition) is 2. The van der Waals surface area contributed by atoms with Gasteiger partial charge in [-0.2, -0.15) is 5.10 Å². The third kappa shape index (κ3) is 1.75. The van der Waals surface area contributed by atoms with Gasteiger partial charge in [0.1, 0.15) is 11.5 Å². The Balaban J connectivity index is 2.44. The molecule has 2 aromatic rings. The van der Waals surface area contributed by atoms with E-state index in [9.17, 15) is 0 Å². The van der Waals surface area contributed by atoms with Crippen LogP contribution in [0.3, 0.4) is 0 Å². The van der Waals surface area contributed by atoms with Crippen molar-refractivity contribution in [3.8, 4) is 0 Å². The van der Waals surface area contributed by atoms with Gasteiger partial charge in [-0.25, -0.2) is 5.43 Å². The number of nitrogens with two attached hydrogens (primary N) is 1. The smallest absolute Gasteiger partial charge is 0.106 e. The molecule has 2 rings (SSSR count). The van der Waals surface area contributed by atoms with Crippen LogP contribution in [0.4, 0.5) is 0 Å². The molecule has 1 atom stereocenters. The molecule has 0 aliphatic heterocycles. The van der Waals surface area contributed by atoms with Gasteiger partial charge in [0.2, 0.25) is 0 Å². The zero-order valence-corrected chi connectivity index (χ0v) is 9.69. The van der Waals surface area contributed by atoms with Gasteiger partial charge in [-0.3, -0.25) is 10.5 Å². The fourth-order valence-corrected chi connectivity index (χ4v) is 1.94. The Morgan fingerprint density at radius 1 is 1.50 bits per heavy atom. The maximum atomic E-state index is 5.61. The minimum Gasteiger partial charge on any atom is -0.466 e. The molecular formula is C11H16N4O. The molecule has 16 heavy (non-hydrogen) atoms. The highest BCUT2D eigenvalue weighted by atomic mass is 16.3. The first-order valence-electron chi connectivity index (χ1n) is 5.14. The van der Waals surface area contributed by atoms with Crippen molar-refractivity contribution in [2.24, 2.45) is 12.9 Å². The number of rotatable bonds is 3. The summed E-state index contributed by atoms with van der Waals surface area (Å²) in [6.07, 6.45) is 1.75. The summed E-state index contributed by atoms with van der Waals surface area (Å²) in [4.78, 5) is 0. The van der Waals surface area contributed by atoms with Gasteiger partial charge in [0.05, 0.1) is 11.7 Å². The fourth-order valence-electron chi connectivity index (χ4n) is 1.94. The van der Waals surface area contributed by atoms with Crippen molar-refractivity contribution in [2.75, 3.05) is 0 Å². The zero-order chi connectivity index (χ0) is 11.7. The molecule has 2 aromatic heterocycles. The van der Waals surface area contributed by atoms with E-state index in [-0.39, 0.29) is 6.04 Å². The second kappa shape index (κ2) is 4.11. The molecule has 0 amide bonds. The lowest BCUT2D eigenvalue weighted by atomic mass is 10.1. The Bertz CT molecular complexity index is 486. The summed E-state index contributed by atoms with van der Waals surface area (Å²) in [6, 6.07) is 3.84. The van der Waals surface area contributed by atoms with E-state index in [0.29, 0.717) is 0 Å². The fraction of sp³-hybridized carbons (Fsp3) is 0.364. The standard InChI is InChI=1S/C11H16N4O/c1-7-6-9(8(2)16-7)11(14-12)10-4-5-13-15(10)3/h4-6,11,14H,12H2,1-3H3. The van der Waals surface area contributed by atoms with E-state index in [1.807, 2.05) is 33.0 Å². The number of hydrogen-bond acceptors (Lipinski definition) is 4. The molecular weight excluding hydrogens is 204 g/mol. The first-order chi connectivity index (χ1) is 7.63. The zero-order valence-electron chi connectivity index (χ0n) is 9.69. The van der Waals surface area contributed by atoms with E-state index in [1.165, 1.54) is 0 Å². The van der Waals surface area contributed by atoms with Gasteiger partial charge in [-0.1, -0.05) is 0 Å². The maximum absolute atomic E-state index is 5.61. The van der Waals surface area contributed by atoms with Crippen LogP contribution >= 0.6 is 0 Å². The monoisotopic (exact) mass is 220 g/mol. The molecule has 0 radical (unpaired) electrons. The van der Waals surface area contributed by atoms with E-state index in [2.05, 4.69) is 10.5 Å². The highest BCUT2D eigenvalue weighted by molar-refractivity contribution is 5.30. The molecule has 2 heterocycles. The van der Waals surface area contributed by atoms with Crippen LogP contribution in [0.5, 0.6) is 0 Å². The Hall–Kier alpha value is -1.59. The van der Waals surface area contributed by atoms with Crippen LogP contribution in [0.25, 0.3) is 0 Å². The number of aryl methyl sites for hydroxylation is 3. The predicted molar refractivity (Wildman–Crippen MR) is 60.6 cm³/mol. The highest BCUT2D eigenvalue weighted by Gasteiger charge is 2.20. The van der Waals surface area contributed by atoms with Crippen LogP contribution in [0.15, 0.2) is 22.7 Å². The Morgan fingerprint density at radius 3 is 2.69 bits per heavy atom. The van der Waals surface area contributed by atoms with Crippen molar-refractivity contribution < 1.29 is 4.42 Å². The topological polar surface area (TPSA) is 69.0 Å². The Morgan fingerprint density at radius 2 is 2.25 bits per heavy atom. The second-order valence-corrected chi connectivity index (χ2v) is 3.85. The average molecular weight is 220 g/mol. The number of furan rings is 1. The summed E-state index contributed by atoms with van der Waals surface area (Å²) in [5.74, 6) is 7.37. The van der Waals surface area contributed by atoms with Crippen LogP contribution in [0.2, 0.25) is 0 Å². The molecule has 0 fully saturated rings. The molecule has 0 saturated carbocycles. The van der Waals surface area contributed by atoms with Crippen molar-refractivity contribution in [2.45, 2.75) is 19.9 Å². The number of nitrogens with one attached hydrogen (secondary N) is 1. The van der Waals surface area contributed by atoms with Crippen LogP contribution < -0.4 is 11.3 Å². The highest BCUT2D eigenvalue weighted by Crippen LogP contribution is 2.26. The molecule has 0 aliphatic rings. The minimum absolute atomic E-state index is 0.0926. The lowest BCUT2D eigenvalue weighted by molar-refractivity contribution is 0.491. The van der Waals surface area contributed by atoms with Crippen molar-refractivity contribution in [3.05, 3.63) is 41.1 Å². The summed E-state index contributed by atoms with van der Waals surface area (Å²) in [7, 11) is 1.89. The van der Waals surface area contributed by atoms with Gasteiger partial charge in [0, 0.05) is 18.8 Å². The maximum Gasteiger partial charge on any atom is 0.106 e. The summed E-state index contributed by atoms with van der Waals surface area (Å²) < 4.78 is 7.31. The van der Waals surface area contributed by atoms with Crippen LogP contribution in [-0.4, -0.2) is 9.78 Å². The van der Waals surface area contributed by atoms with Gasteiger partial charge in [-0.15, -0.1) is 0 Å². The van der Waals surface area contributed by atoms with E-state index in [1.54, 1.807) is 10.9 Å². The van der Waals surface area contributed by atoms with E-state index >= 15 is 0 Å². The summed E-state index contributed by atoms with van der Waals surface area (Å²) in [5, 5.41) is 4.14. The summed E-state index contributed by atoms with van der Waals surface area (Å²) in [5.41, 5.74) is 4.85. The largest absolute Gasteiger partial charge is 0.466 e. The van der Waals surface area contributed by atoms with Crippen LogP contribution in [0.1, 0.15) is 28.8 Å². The molecule has 5 nitrogen and oxygen atoms in total. The van der Waals surface area contributed by atoms with E-state index in [0.717, 1.165) is 22.8 Å². The summed E-state index contributed by atoms with van der Waals surface area (Å²) in [6.45, 7) is 3.86. The molecule has 86 valence electrons. The lowest BCUT2D eigenvalue weighted by Crippen LogP contribution is -2.30. The van der Waals surface area contributed by atoms with Gasteiger partial charge in [-0.05, 0) is 26.0 Å². The van der Waals surface area contributed by atoms with Crippen LogP contribution in [0, 0.1) is 13.8 Å². The molecule has 0 spiro atoms. The van der Waals surface area contributed by atoms with Gasteiger partial charge < -0.3 is 4.42 Å². The summed E-state index contributed by atoms with van der Waals surface area (Å²) >= 11 is 0. The van der Waals surface area contributed by atoms with Crippen LogP contribution in [-0.2, 0) is 7.05 Å². The Kier molecular flexibility index (Phi) is 2.80. The normalized spacial score (nSPS) is 13.0. The van der Waals surface area contributed by atoms with E-state index in [4.69, 9.17) is 10.3 Å². The lowest BCUT2D eigenvalue weighted by Gasteiger charge is -2.15. The van der Waals surface area contributed by atoms with Crippen molar-refractivity contribution in [1.29, 1.82) is 0 Å². The predicted octanol–water partition coefficient (Wildman–Crippen LogP) is 1.18. The van der Waals surface area contributed by atoms with Gasteiger partial charge in [0.25, 0.3) is 0 Å². The number of hydrazine groups is 1. The molecule has 3 N–H and O–H groups in total. The molecule has 5 heteroatoms. The first kappa shape index (κ1) is 10.9. The minimum atomic E-state index is -0.0926.